The third-order valence-electron chi connectivity index (χ3n) is 3.20. The Morgan fingerprint density at radius 1 is 1.41 bits per heavy atom. The van der Waals surface area contributed by atoms with E-state index in [1.165, 1.54) is 12.1 Å². The number of nitrogens with one attached hydrogen (secondary N) is 1. The molecule has 0 spiro atoms. The summed E-state index contributed by atoms with van der Waals surface area (Å²) < 4.78 is 2.18. The molecule has 0 aliphatic carbocycles. The first kappa shape index (κ1) is 10.4. The van der Waals surface area contributed by atoms with Crippen molar-refractivity contribution in [1.82, 2.24) is 24.8 Å². The van der Waals surface area contributed by atoms with E-state index in [0.717, 1.165) is 25.3 Å². The van der Waals surface area contributed by atoms with E-state index < -0.39 is 0 Å². The minimum Gasteiger partial charge on any atom is -0.328 e. The van der Waals surface area contributed by atoms with E-state index in [1.54, 1.807) is 12.5 Å². The van der Waals surface area contributed by atoms with Gasteiger partial charge in [-0.15, -0.1) is 0 Å². The molecule has 5 nitrogen and oxygen atoms in total. The molecule has 1 unspecified atom stereocenters. The summed E-state index contributed by atoms with van der Waals surface area (Å²) in [4.78, 5) is 12.4. The minimum absolute atomic E-state index is 0.583. The van der Waals surface area contributed by atoms with Gasteiger partial charge in [-0.3, -0.25) is 0 Å². The SMILES string of the molecule is c1cc(Cn2cncc2C2CCNC2)ncn1. The van der Waals surface area contributed by atoms with Gasteiger partial charge in [0, 0.05) is 30.6 Å². The molecule has 1 N–H and O–H groups in total. The van der Waals surface area contributed by atoms with Crippen molar-refractivity contribution in [3.63, 3.8) is 0 Å². The normalized spacial score (nSPS) is 19.6. The largest absolute Gasteiger partial charge is 0.328 e. The molecule has 3 heterocycles. The Kier molecular flexibility index (Phi) is 2.83. The van der Waals surface area contributed by atoms with Crippen molar-refractivity contribution in [3.8, 4) is 0 Å². The van der Waals surface area contributed by atoms with E-state index >= 15 is 0 Å². The highest BCUT2D eigenvalue weighted by molar-refractivity contribution is 5.11. The van der Waals surface area contributed by atoms with Gasteiger partial charge in [0.15, 0.2) is 0 Å². The second-order valence-corrected chi connectivity index (χ2v) is 4.34. The molecule has 5 heteroatoms. The maximum absolute atomic E-state index is 4.25. The smallest absolute Gasteiger partial charge is 0.115 e. The minimum atomic E-state index is 0.583. The number of hydrogen-bond acceptors (Lipinski definition) is 4. The predicted molar refractivity (Wildman–Crippen MR) is 63.6 cm³/mol. The second kappa shape index (κ2) is 4.63. The molecule has 2 aromatic heterocycles. The van der Waals surface area contributed by atoms with Gasteiger partial charge in [-0.05, 0) is 19.0 Å². The summed E-state index contributed by atoms with van der Waals surface area (Å²) in [5.74, 6) is 0.583. The molecule has 0 saturated carbocycles. The molecule has 2 aromatic rings. The molecule has 0 radical (unpaired) electrons. The first-order valence-corrected chi connectivity index (χ1v) is 5.89. The van der Waals surface area contributed by atoms with Gasteiger partial charge in [0.2, 0.25) is 0 Å². The van der Waals surface area contributed by atoms with Gasteiger partial charge < -0.3 is 9.88 Å². The van der Waals surface area contributed by atoms with Crippen LogP contribution in [0.5, 0.6) is 0 Å². The Morgan fingerprint density at radius 3 is 3.18 bits per heavy atom. The van der Waals surface area contributed by atoms with Gasteiger partial charge >= 0.3 is 0 Å². The number of nitrogens with zero attached hydrogens (tertiary/aromatic N) is 4. The fourth-order valence-electron chi connectivity index (χ4n) is 2.30. The zero-order valence-electron chi connectivity index (χ0n) is 9.58. The molecule has 88 valence electrons. The predicted octanol–water partition coefficient (Wildman–Crippen LogP) is 0.798. The van der Waals surface area contributed by atoms with Gasteiger partial charge in [-0.1, -0.05) is 0 Å². The van der Waals surface area contributed by atoms with E-state index in [-0.39, 0.29) is 0 Å². The van der Waals surface area contributed by atoms with Crippen LogP contribution in [0.4, 0.5) is 0 Å². The summed E-state index contributed by atoms with van der Waals surface area (Å²) in [5.41, 5.74) is 2.32. The van der Waals surface area contributed by atoms with E-state index in [2.05, 4.69) is 24.8 Å². The van der Waals surface area contributed by atoms with E-state index in [4.69, 9.17) is 0 Å². The van der Waals surface area contributed by atoms with Crippen molar-refractivity contribution in [2.75, 3.05) is 13.1 Å². The topological polar surface area (TPSA) is 55.6 Å². The van der Waals surface area contributed by atoms with E-state index in [9.17, 15) is 0 Å². The van der Waals surface area contributed by atoms with E-state index in [1.807, 2.05) is 18.6 Å². The van der Waals surface area contributed by atoms with Gasteiger partial charge in [0.05, 0.1) is 18.6 Å². The van der Waals surface area contributed by atoms with Crippen LogP contribution in [-0.2, 0) is 6.54 Å². The third-order valence-corrected chi connectivity index (χ3v) is 3.20. The molecule has 0 amide bonds. The second-order valence-electron chi connectivity index (χ2n) is 4.34. The third kappa shape index (κ3) is 2.19. The highest BCUT2D eigenvalue weighted by Crippen LogP contribution is 2.22. The van der Waals surface area contributed by atoms with Crippen LogP contribution < -0.4 is 5.32 Å². The summed E-state index contributed by atoms with van der Waals surface area (Å²) >= 11 is 0. The first-order chi connectivity index (χ1) is 8.43. The van der Waals surface area contributed by atoms with Crippen molar-refractivity contribution in [1.29, 1.82) is 0 Å². The van der Waals surface area contributed by atoms with Crippen LogP contribution in [-0.4, -0.2) is 32.6 Å². The first-order valence-electron chi connectivity index (χ1n) is 5.89. The standard InChI is InChI=1S/C12H15N5/c1-3-13-5-10(1)12-6-15-9-17(12)7-11-2-4-14-8-16-11/h2,4,6,8-10,13H,1,3,5,7H2. The maximum atomic E-state index is 4.25. The summed E-state index contributed by atoms with van der Waals surface area (Å²) in [7, 11) is 0. The van der Waals surface area contributed by atoms with Gasteiger partial charge in [0.25, 0.3) is 0 Å². The zero-order chi connectivity index (χ0) is 11.5. The highest BCUT2D eigenvalue weighted by atomic mass is 15.1. The molecule has 0 bridgehead atoms. The molecular weight excluding hydrogens is 214 g/mol. The van der Waals surface area contributed by atoms with Crippen LogP contribution in [0.3, 0.4) is 0 Å². The van der Waals surface area contributed by atoms with Crippen LogP contribution >= 0.6 is 0 Å². The average molecular weight is 229 g/mol. The summed E-state index contributed by atoms with van der Waals surface area (Å²) in [6, 6.07) is 1.94. The Balaban J connectivity index is 1.81. The van der Waals surface area contributed by atoms with E-state index in [0.29, 0.717) is 5.92 Å². The van der Waals surface area contributed by atoms with Crippen molar-refractivity contribution < 1.29 is 0 Å². The Morgan fingerprint density at radius 2 is 2.41 bits per heavy atom. The number of imidazole rings is 1. The van der Waals surface area contributed by atoms with Crippen molar-refractivity contribution in [2.24, 2.45) is 0 Å². The zero-order valence-corrected chi connectivity index (χ0v) is 9.58. The lowest BCUT2D eigenvalue weighted by atomic mass is 10.1. The highest BCUT2D eigenvalue weighted by Gasteiger charge is 2.20. The summed E-state index contributed by atoms with van der Waals surface area (Å²) in [6.07, 6.45) is 8.41. The lowest BCUT2D eigenvalue weighted by Gasteiger charge is -2.12. The molecule has 1 fully saturated rings. The van der Waals surface area contributed by atoms with Crippen molar-refractivity contribution >= 4 is 0 Å². The molecule has 0 aromatic carbocycles. The number of aromatic nitrogens is 4. The van der Waals surface area contributed by atoms with Crippen LogP contribution in [0.15, 0.2) is 31.1 Å². The maximum Gasteiger partial charge on any atom is 0.115 e. The summed E-state index contributed by atoms with van der Waals surface area (Å²) in [5, 5.41) is 3.38. The molecule has 1 aliphatic heterocycles. The summed E-state index contributed by atoms with van der Waals surface area (Å²) in [6.45, 7) is 2.92. The molecule has 1 saturated heterocycles. The molecule has 17 heavy (non-hydrogen) atoms. The lowest BCUT2D eigenvalue weighted by Crippen LogP contribution is -2.12. The lowest BCUT2D eigenvalue weighted by molar-refractivity contribution is 0.647. The van der Waals surface area contributed by atoms with Crippen LogP contribution in [0.2, 0.25) is 0 Å². The molecule has 3 rings (SSSR count). The fraction of sp³-hybridized carbons (Fsp3) is 0.417. The van der Waals surface area contributed by atoms with Crippen LogP contribution in [0.1, 0.15) is 23.7 Å². The van der Waals surface area contributed by atoms with Crippen LogP contribution in [0, 0.1) is 0 Å². The molecular formula is C12H15N5. The molecule has 1 atom stereocenters. The van der Waals surface area contributed by atoms with Gasteiger partial charge in [-0.2, -0.15) is 0 Å². The Bertz CT molecular complexity index is 473. The monoisotopic (exact) mass is 229 g/mol. The van der Waals surface area contributed by atoms with Crippen molar-refractivity contribution in [3.05, 3.63) is 42.5 Å². The Hall–Kier alpha value is -1.75. The van der Waals surface area contributed by atoms with Crippen molar-refractivity contribution in [2.45, 2.75) is 18.9 Å². The molecule has 1 aliphatic rings. The van der Waals surface area contributed by atoms with Gasteiger partial charge in [-0.25, -0.2) is 15.0 Å². The number of rotatable bonds is 3. The van der Waals surface area contributed by atoms with Crippen LogP contribution in [0.25, 0.3) is 0 Å². The number of hydrogen-bond donors (Lipinski definition) is 1. The average Bonchev–Trinajstić information content (AvgIpc) is 3.00. The van der Waals surface area contributed by atoms with Gasteiger partial charge in [0.1, 0.15) is 6.33 Å². The fourth-order valence-corrected chi connectivity index (χ4v) is 2.30. The quantitative estimate of drug-likeness (QED) is 0.845. The Labute approximate surface area is 99.9 Å².